The van der Waals surface area contributed by atoms with Gasteiger partial charge in [0.15, 0.2) is 0 Å². The number of nitrogens with zero attached hydrogens (tertiary/aromatic N) is 2. The maximum Gasteiger partial charge on any atom is 0.241 e. The average molecular weight is 225 g/mol. The first-order chi connectivity index (χ1) is 7.72. The molecule has 1 aromatic rings. The van der Waals surface area contributed by atoms with Crippen LogP contribution in [-0.4, -0.2) is 35.4 Å². The molecule has 0 unspecified atom stereocenters. The van der Waals surface area contributed by atoms with E-state index in [1.165, 1.54) is 0 Å². The van der Waals surface area contributed by atoms with E-state index < -0.39 is 0 Å². The van der Waals surface area contributed by atoms with Gasteiger partial charge in [-0.25, -0.2) is 0 Å². The quantitative estimate of drug-likeness (QED) is 0.696. The van der Waals surface area contributed by atoms with Gasteiger partial charge in [0.05, 0.1) is 5.69 Å². The lowest BCUT2D eigenvalue weighted by Gasteiger charge is -2.05. The minimum absolute atomic E-state index is 0.0143. The zero-order chi connectivity index (χ0) is 11.8. The van der Waals surface area contributed by atoms with Gasteiger partial charge in [-0.3, -0.25) is 9.48 Å². The van der Waals surface area contributed by atoms with Gasteiger partial charge in [0.1, 0.15) is 6.54 Å². The van der Waals surface area contributed by atoms with Crippen molar-refractivity contribution >= 4 is 5.91 Å². The van der Waals surface area contributed by atoms with Gasteiger partial charge in [-0.05, 0) is 26.3 Å². The molecule has 1 aromatic heterocycles. The fourth-order valence-electron chi connectivity index (χ4n) is 1.30. The highest BCUT2D eigenvalue weighted by molar-refractivity contribution is 5.75. The molecular formula is C11H19N3O2. The molecule has 1 rings (SSSR count). The summed E-state index contributed by atoms with van der Waals surface area (Å²) < 4.78 is 6.80. The summed E-state index contributed by atoms with van der Waals surface area (Å²) in [5, 5.41) is 6.96. The summed E-state index contributed by atoms with van der Waals surface area (Å²) in [6.45, 7) is 6.20. The van der Waals surface area contributed by atoms with Crippen LogP contribution in [0.5, 0.6) is 0 Å². The summed E-state index contributed by atoms with van der Waals surface area (Å²) in [6, 6.07) is 1.88. The lowest BCUT2D eigenvalue weighted by molar-refractivity contribution is -0.121. The zero-order valence-corrected chi connectivity index (χ0v) is 9.90. The van der Waals surface area contributed by atoms with Gasteiger partial charge < -0.3 is 10.1 Å². The molecule has 0 aliphatic carbocycles. The molecule has 0 saturated heterocycles. The van der Waals surface area contributed by atoms with Crippen molar-refractivity contribution in [2.24, 2.45) is 0 Å². The van der Waals surface area contributed by atoms with E-state index in [2.05, 4.69) is 10.4 Å². The summed E-state index contributed by atoms with van der Waals surface area (Å²) in [6.07, 6.45) is 2.65. The summed E-state index contributed by atoms with van der Waals surface area (Å²) in [5.74, 6) is -0.0143. The van der Waals surface area contributed by atoms with Gasteiger partial charge in [0.2, 0.25) is 5.91 Å². The second-order valence-electron chi connectivity index (χ2n) is 3.56. The Morgan fingerprint density at radius 3 is 3.06 bits per heavy atom. The fourth-order valence-corrected chi connectivity index (χ4v) is 1.30. The number of aromatic nitrogens is 2. The number of carbonyl (C=O) groups excluding carboxylic acids is 1. The van der Waals surface area contributed by atoms with Crippen molar-refractivity contribution in [3.8, 4) is 0 Å². The van der Waals surface area contributed by atoms with Gasteiger partial charge in [-0.15, -0.1) is 0 Å². The van der Waals surface area contributed by atoms with Crippen LogP contribution in [0.2, 0.25) is 0 Å². The number of hydrogen-bond donors (Lipinski definition) is 1. The second kappa shape index (κ2) is 7.00. The van der Waals surface area contributed by atoms with Crippen LogP contribution in [0, 0.1) is 6.92 Å². The SMILES string of the molecule is CCOCCCNC(=O)Cn1ccc(C)n1. The lowest BCUT2D eigenvalue weighted by Crippen LogP contribution is -2.29. The Kier molecular flexibility index (Phi) is 5.56. The van der Waals surface area contributed by atoms with Crippen molar-refractivity contribution in [1.29, 1.82) is 0 Å². The third-order valence-electron chi connectivity index (χ3n) is 2.07. The van der Waals surface area contributed by atoms with E-state index in [1.54, 1.807) is 10.9 Å². The molecule has 0 atom stereocenters. The van der Waals surface area contributed by atoms with Crippen LogP contribution in [-0.2, 0) is 16.1 Å². The third kappa shape index (κ3) is 4.93. The minimum atomic E-state index is -0.0143. The van der Waals surface area contributed by atoms with Crippen LogP contribution >= 0.6 is 0 Å². The van der Waals surface area contributed by atoms with E-state index in [0.717, 1.165) is 18.7 Å². The maximum atomic E-state index is 11.4. The first-order valence-corrected chi connectivity index (χ1v) is 5.57. The van der Waals surface area contributed by atoms with Crippen LogP contribution in [0.4, 0.5) is 0 Å². The molecule has 90 valence electrons. The van der Waals surface area contributed by atoms with Crippen LogP contribution in [0.1, 0.15) is 19.0 Å². The summed E-state index contributed by atoms with van der Waals surface area (Å²) >= 11 is 0. The topological polar surface area (TPSA) is 56.1 Å². The molecule has 0 aliphatic rings. The first kappa shape index (κ1) is 12.7. The molecule has 1 N–H and O–H groups in total. The number of hydrogen-bond acceptors (Lipinski definition) is 3. The molecule has 0 aliphatic heterocycles. The largest absolute Gasteiger partial charge is 0.382 e. The maximum absolute atomic E-state index is 11.4. The smallest absolute Gasteiger partial charge is 0.241 e. The second-order valence-corrected chi connectivity index (χ2v) is 3.56. The summed E-state index contributed by atoms with van der Waals surface area (Å²) in [4.78, 5) is 11.4. The number of nitrogens with one attached hydrogen (secondary N) is 1. The van der Waals surface area contributed by atoms with Gasteiger partial charge in [-0.1, -0.05) is 0 Å². The van der Waals surface area contributed by atoms with Crippen LogP contribution in [0.3, 0.4) is 0 Å². The predicted octanol–water partition coefficient (Wildman–Crippen LogP) is 0.734. The molecule has 1 amide bonds. The fraction of sp³-hybridized carbons (Fsp3) is 0.636. The molecule has 0 radical (unpaired) electrons. The van der Waals surface area contributed by atoms with E-state index in [-0.39, 0.29) is 12.5 Å². The molecule has 5 heteroatoms. The number of amides is 1. The molecule has 16 heavy (non-hydrogen) atoms. The van der Waals surface area contributed by atoms with Crippen molar-refractivity contribution in [2.75, 3.05) is 19.8 Å². The van der Waals surface area contributed by atoms with Crippen LogP contribution in [0.15, 0.2) is 12.3 Å². The van der Waals surface area contributed by atoms with Crippen LogP contribution < -0.4 is 5.32 Å². The van der Waals surface area contributed by atoms with E-state index in [1.807, 2.05) is 19.9 Å². The van der Waals surface area contributed by atoms with E-state index in [0.29, 0.717) is 13.2 Å². The Hall–Kier alpha value is -1.36. The molecule has 0 spiro atoms. The van der Waals surface area contributed by atoms with E-state index in [9.17, 15) is 4.79 Å². The van der Waals surface area contributed by atoms with Crippen molar-refractivity contribution in [1.82, 2.24) is 15.1 Å². The highest BCUT2D eigenvalue weighted by Gasteiger charge is 2.02. The van der Waals surface area contributed by atoms with Crippen molar-refractivity contribution in [3.05, 3.63) is 18.0 Å². The normalized spacial score (nSPS) is 10.4. The van der Waals surface area contributed by atoms with Gasteiger partial charge in [-0.2, -0.15) is 5.10 Å². The monoisotopic (exact) mass is 225 g/mol. The van der Waals surface area contributed by atoms with Gasteiger partial charge >= 0.3 is 0 Å². The number of aryl methyl sites for hydroxylation is 1. The summed E-state index contributed by atoms with van der Waals surface area (Å²) in [5.41, 5.74) is 0.921. The third-order valence-corrected chi connectivity index (χ3v) is 2.07. The van der Waals surface area contributed by atoms with Crippen molar-refractivity contribution in [2.45, 2.75) is 26.8 Å². The Morgan fingerprint density at radius 2 is 2.44 bits per heavy atom. The molecular weight excluding hydrogens is 206 g/mol. The molecule has 0 fully saturated rings. The Labute approximate surface area is 95.8 Å². The standard InChI is InChI=1S/C11H19N3O2/c1-3-16-8-4-6-12-11(15)9-14-7-5-10(2)13-14/h5,7H,3-4,6,8-9H2,1-2H3,(H,12,15). The lowest BCUT2D eigenvalue weighted by atomic mass is 10.4. The molecule has 0 aromatic carbocycles. The van der Waals surface area contributed by atoms with Gasteiger partial charge in [0.25, 0.3) is 0 Å². The highest BCUT2D eigenvalue weighted by atomic mass is 16.5. The van der Waals surface area contributed by atoms with E-state index in [4.69, 9.17) is 4.74 Å². The molecule has 1 heterocycles. The van der Waals surface area contributed by atoms with Gasteiger partial charge in [0, 0.05) is 26.0 Å². The predicted molar refractivity (Wildman–Crippen MR) is 61.1 cm³/mol. The molecule has 0 saturated carbocycles. The highest BCUT2D eigenvalue weighted by Crippen LogP contribution is 1.92. The molecule has 0 bridgehead atoms. The number of rotatable bonds is 7. The molecule has 5 nitrogen and oxygen atoms in total. The average Bonchev–Trinajstić information content (AvgIpc) is 2.63. The first-order valence-electron chi connectivity index (χ1n) is 5.57. The Bertz CT molecular complexity index is 323. The number of ether oxygens (including phenoxy) is 1. The Morgan fingerprint density at radius 1 is 1.62 bits per heavy atom. The van der Waals surface area contributed by atoms with Crippen LogP contribution in [0.25, 0.3) is 0 Å². The Balaban J connectivity index is 2.11. The van der Waals surface area contributed by atoms with Crippen molar-refractivity contribution < 1.29 is 9.53 Å². The number of carbonyl (C=O) groups is 1. The van der Waals surface area contributed by atoms with Crippen molar-refractivity contribution in [3.63, 3.8) is 0 Å². The minimum Gasteiger partial charge on any atom is -0.382 e. The zero-order valence-electron chi connectivity index (χ0n) is 9.90. The summed E-state index contributed by atoms with van der Waals surface area (Å²) in [7, 11) is 0. The van der Waals surface area contributed by atoms with E-state index >= 15 is 0 Å².